The van der Waals surface area contributed by atoms with Gasteiger partial charge in [0, 0.05) is 38.4 Å². The quantitative estimate of drug-likeness (QED) is 0.905. The number of aryl methyl sites for hydroxylation is 1. The lowest BCUT2D eigenvalue weighted by atomic mass is 9.97. The predicted molar refractivity (Wildman–Crippen MR) is 75.6 cm³/mol. The van der Waals surface area contributed by atoms with E-state index in [-0.39, 0.29) is 6.04 Å². The molecular formula is C15H20N4. The number of benzene rings is 1. The molecule has 1 aliphatic rings. The van der Waals surface area contributed by atoms with Crippen LogP contribution in [0.4, 0.5) is 0 Å². The van der Waals surface area contributed by atoms with Crippen LogP contribution in [0.5, 0.6) is 0 Å². The number of hydrogen-bond acceptors (Lipinski definition) is 3. The van der Waals surface area contributed by atoms with E-state index in [1.54, 1.807) is 0 Å². The van der Waals surface area contributed by atoms with E-state index in [0.717, 1.165) is 19.5 Å². The summed E-state index contributed by atoms with van der Waals surface area (Å²) in [6.45, 7) is 2.68. The average molecular weight is 256 g/mol. The van der Waals surface area contributed by atoms with Gasteiger partial charge in [0.15, 0.2) is 0 Å². The fourth-order valence-electron chi connectivity index (χ4n) is 2.89. The van der Waals surface area contributed by atoms with Gasteiger partial charge in [-0.05, 0) is 17.5 Å². The largest absolute Gasteiger partial charge is 0.329 e. The summed E-state index contributed by atoms with van der Waals surface area (Å²) in [6, 6.07) is 8.95. The third kappa shape index (κ3) is 2.41. The first-order valence-corrected chi connectivity index (χ1v) is 6.77. The van der Waals surface area contributed by atoms with E-state index >= 15 is 0 Å². The molecule has 2 N–H and O–H groups in total. The van der Waals surface area contributed by atoms with E-state index in [1.807, 2.05) is 17.9 Å². The van der Waals surface area contributed by atoms with Crippen molar-refractivity contribution >= 4 is 0 Å². The molecule has 0 aliphatic carbocycles. The number of fused-ring (bicyclic) bond motifs is 1. The van der Waals surface area contributed by atoms with Crippen molar-refractivity contribution in [2.75, 3.05) is 13.1 Å². The molecule has 19 heavy (non-hydrogen) atoms. The maximum atomic E-state index is 5.99. The first kappa shape index (κ1) is 12.4. The molecule has 100 valence electrons. The van der Waals surface area contributed by atoms with Crippen LogP contribution in [-0.2, 0) is 20.0 Å². The second kappa shape index (κ2) is 5.15. The molecule has 2 heterocycles. The molecular weight excluding hydrogens is 236 g/mol. The summed E-state index contributed by atoms with van der Waals surface area (Å²) in [6.07, 6.45) is 5.10. The molecule has 1 aromatic heterocycles. The molecule has 0 bridgehead atoms. The zero-order valence-electron chi connectivity index (χ0n) is 11.3. The fourth-order valence-corrected chi connectivity index (χ4v) is 2.89. The SMILES string of the molecule is Cn1cc(C(CN)N2CCc3ccccc3C2)cn1. The van der Waals surface area contributed by atoms with Crippen LogP contribution in [0.15, 0.2) is 36.7 Å². The van der Waals surface area contributed by atoms with E-state index < -0.39 is 0 Å². The topological polar surface area (TPSA) is 47.1 Å². The van der Waals surface area contributed by atoms with Gasteiger partial charge in [-0.1, -0.05) is 24.3 Å². The second-order valence-corrected chi connectivity index (χ2v) is 5.19. The summed E-state index contributed by atoms with van der Waals surface area (Å²) in [5.41, 5.74) is 10.1. The van der Waals surface area contributed by atoms with Crippen molar-refractivity contribution in [3.63, 3.8) is 0 Å². The van der Waals surface area contributed by atoms with Crippen molar-refractivity contribution in [2.24, 2.45) is 12.8 Å². The zero-order chi connectivity index (χ0) is 13.2. The van der Waals surface area contributed by atoms with Crippen LogP contribution >= 0.6 is 0 Å². The highest BCUT2D eigenvalue weighted by atomic mass is 15.3. The molecule has 1 unspecified atom stereocenters. The molecule has 0 fully saturated rings. The van der Waals surface area contributed by atoms with Crippen molar-refractivity contribution in [2.45, 2.75) is 19.0 Å². The molecule has 4 nitrogen and oxygen atoms in total. The van der Waals surface area contributed by atoms with Gasteiger partial charge < -0.3 is 5.73 Å². The van der Waals surface area contributed by atoms with Crippen molar-refractivity contribution in [3.05, 3.63) is 53.3 Å². The van der Waals surface area contributed by atoms with Gasteiger partial charge in [0.25, 0.3) is 0 Å². The Morgan fingerprint density at radius 3 is 2.79 bits per heavy atom. The van der Waals surface area contributed by atoms with Crippen LogP contribution < -0.4 is 5.73 Å². The Morgan fingerprint density at radius 2 is 2.11 bits per heavy atom. The van der Waals surface area contributed by atoms with Crippen LogP contribution in [0.1, 0.15) is 22.7 Å². The van der Waals surface area contributed by atoms with Crippen LogP contribution in [0.2, 0.25) is 0 Å². The molecule has 1 atom stereocenters. The minimum absolute atomic E-state index is 0.266. The molecule has 0 spiro atoms. The molecule has 1 aliphatic heterocycles. The van der Waals surface area contributed by atoms with Gasteiger partial charge >= 0.3 is 0 Å². The van der Waals surface area contributed by atoms with Crippen molar-refractivity contribution in [1.82, 2.24) is 14.7 Å². The van der Waals surface area contributed by atoms with Gasteiger partial charge in [0.2, 0.25) is 0 Å². The lowest BCUT2D eigenvalue weighted by Gasteiger charge is -2.34. The Hall–Kier alpha value is -1.65. The summed E-state index contributed by atoms with van der Waals surface area (Å²) in [4.78, 5) is 2.46. The fraction of sp³-hybridized carbons (Fsp3) is 0.400. The molecule has 3 rings (SSSR count). The van der Waals surface area contributed by atoms with Crippen LogP contribution in [0, 0.1) is 0 Å². The number of rotatable bonds is 3. The minimum Gasteiger partial charge on any atom is -0.329 e. The van der Waals surface area contributed by atoms with E-state index in [0.29, 0.717) is 6.54 Å². The van der Waals surface area contributed by atoms with Gasteiger partial charge in [-0.15, -0.1) is 0 Å². The molecule has 0 saturated carbocycles. The van der Waals surface area contributed by atoms with Crippen LogP contribution in [-0.4, -0.2) is 27.8 Å². The van der Waals surface area contributed by atoms with Gasteiger partial charge in [-0.25, -0.2) is 0 Å². The standard InChI is InChI=1S/C15H20N4/c1-18-10-14(9-17-18)15(8-16)19-7-6-12-4-2-3-5-13(12)11-19/h2-5,9-10,15H,6-8,11,16H2,1H3. The number of aromatic nitrogens is 2. The minimum atomic E-state index is 0.266. The van der Waals surface area contributed by atoms with Gasteiger partial charge in [0.05, 0.1) is 12.2 Å². The van der Waals surface area contributed by atoms with Crippen LogP contribution in [0.25, 0.3) is 0 Å². The Labute approximate surface area is 113 Å². The predicted octanol–water partition coefficient (Wildman–Crippen LogP) is 1.48. The Balaban J connectivity index is 1.83. The third-order valence-corrected chi connectivity index (χ3v) is 3.93. The highest BCUT2D eigenvalue weighted by molar-refractivity contribution is 5.29. The number of hydrogen-bond donors (Lipinski definition) is 1. The smallest absolute Gasteiger partial charge is 0.0538 e. The average Bonchev–Trinajstić information content (AvgIpc) is 2.86. The summed E-state index contributed by atoms with van der Waals surface area (Å²) in [5, 5.41) is 4.26. The van der Waals surface area contributed by atoms with Gasteiger partial charge in [-0.2, -0.15) is 5.10 Å². The highest BCUT2D eigenvalue weighted by Crippen LogP contribution is 2.26. The molecule has 1 aromatic carbocycles. The van der Waals surface area contributed by atoms with Gasteiger partial charge in [-0.3, -0.25) is 9.58 Å². The Morgan fingerprint density at radius 1 is 1.32 bits per heavy atom. The van der Waals surface area contributed by atoms with E-state index in [1.165, 1.54) is 16.7 Å². The maximum Gasteiger partial charge on any atom is 0.0538 e. The maximum absolute atomic E-state index is 5.99. The molecule has 2 aromatic rings. The third-order valence-electron chi connectivity index (χ3n) is 3.93. The van der Waals surface area contributed by atoms with Crippen molar-refractivity contribution in [1.29, 1.82) is 0 Å². The lowest BCUT2D eigenvalue weighted by Crippen LogP contribution is -2.37. The van der Waals surface area contributed by atoms with Crippen molar-refractivity contribution < 1.29 is 0 Å². The summed E-state index contributed by atoms with van der Waals surface area (Å²) < 4.78 is 1.84. The lowest BCUT2D eigenvalue weighted by molar-refractivity contribution is 0.183. The summed E-state index contributed by atoms with van der Waals surface area (Å²) >= 11 is 0. The summed E-state index contributed by atoms with van der Waals surface area (Å²) in [7, 11) is 1.95. The van der Waals surface area contributed by atoms with Crippen molar-refractivity contribution in [3.8, 4) is 0 Å². The highest BCUT2D eigenvalue weighted by Gasteiger charge is 2.24. The van der Waals surface area contributed by atoms with Crippen LogP contribution in [0.3, 0.4) is 0 Å². The monoisotopic (exact) mass is 256 g/mol. The molecule has 0 amide bonds. The molecule has 0 radical (unpaired) electrons. The normalized spacial score (nSPS) is 17.2. The Bertz CT molecular complexity index is 561. The molecule has 4 heteroatoms. The van der Waals surface area contributed by atoms with E-state index in [4.69, 9.17) is 5.73 Å². The first-order chi connectivity index (χ1) is 9.28. The zero-order valence-corrected chi connectivity index (χ0v) is 11.3. The summed E-state index contributed by atoms with van der Waals surface area (Å²) in [5.74, 6) is 0. The van der Waals surface area contributed by atoms with Gasteiger partial charge in [0.1, 0.15) is 0 Å². The van der Waals surface area contributed by atoms with E-state index in [9.17, 15) is 0 Å². The van der Waals surface area contributed by atoms with E-state index in [2.05, 4.69) is 40.5 Å². The second-order valence-electron chi connectivity index (χ2n) is 5.19. The molecule has 0 saturated heterocycles. The number of nitrogens with two attached hydrogens (primary N) is 1. The first-order valence-electron chi connectivity index (χ1n) is 6.77. The Kier molecular flexibility index (Phi) is 3.36. The number of nitrogens with zero attached hydrogens (tertiary/aromatic N) is 3.